The number of esters is 1. The maximum absolute atomic E-state index is 11.4. The van der Waals surface area contributed by atoms with Gasteiger partial charge in [-0.2, -0.15) is 0 Å². The van der Waals surface area contributed by atoms with Gasteiger partial charge < -0.3 is 19.9 Å². The summed E-state index contributed by atoms with van der Waals surface area (Å²) in [7, 11) is 1.29. The zero-order valence-electron chi connectivity index (χ0n) is 11.3. The third-order valence-electron chi connectivity index (χ3n) is 3.45. The first-order valence-corrected chi connectivity index (χ1v) is 6.09. The quantitative estimate of drug-likeness (QED) is 0.786. The zero-order chi connectivity index (χ0) is 14.8. The first kappa shape index (κ1) is 14.3. The van der Waals surface area contributed by atoms with Gasteiger partial charge in [0.1, 0.15) is 11.2 Å². The summed E-state index contributed by atoms with van der Waals surface area (Å²) in [6.07, 6.45) is 1.46. The number of nitrogens with zero attached hydrogens (tertiary/aromatic N) is 1. The maximum atomic E-state index is 11.4. The van der Waals surface area contributed by atoms with Crippen molar-refractivity contribution in [1.29, 1.82) is 0 Å². The highest BCUT2D eigenvalue weighted by molar-refractivity contribution is 5.90. The van der Waals surface area contributed by atoms with Crippen LogP contribution < -0.4 is 5.32 Å². The van der Waals surface area contributed by atoms with E-state index in [0.717, 1.165) is 0 Å². The molecular formula is C13H16N2O5. The van der Waals surface area contributed by atoms with Crippen molar-refractivity contribution in [3.05, 3.63) is 23.9 Å². The predicted molar refractivity (Wildman–Crippen MR) is 69.5 cm³/mol. The Hall–Kier alpha value is -2.15. The van der Waals surface area contributed by atoms with E-state index >= 15 is 0 Å². The van der Waals surface area contributed by atoms with Crippen LogP contribution >= 0.6 is 0 Å². The number of rotatable bonds is 4. The van der Waals surface area contributed by atoms with Gasteiger partial charge in [-0.3, -0.25) is 4.79 Å². The van der Waals surface area contributed by atoms with Crippen LogP contribution in [0.25, 0.3) is 0 Å². The second-order valence-corrected chi connectivity index (χ2v) is 4.86. The molecule has 0 bridgehead atoms. The smallest absolute Gasteiger partial charge is 0.338 e. The Morgan fingerprint density at radius 2 is 2.35 bits per heavy atom. The molecule has 2 heterocycles. The Bertz CT molecular complexity index is 533. The molecule has 7 heteroatoms. The van der Waals surface area contributed by atoms with Gasteiger partial charge in [0.05, 0.1) is 31.9 Å². The first-order valence-electron chi connectivity index (χ1n) is 6.09. The molecule has 1 aliphatic heterocycles. The SMILES string of the molecule is COC(=O)c1ccnc(NC2COCC2(C)C(=O)O)c1. The van der Waals surface area contributed by atoms with Crippen molar-refractivity contribution in [2.75, 3.05) is 25.6 Å². The van der Waals surface area contributed by atoms with Crippen LogP contribution in [0.4, 0.5) is 5.82 Å². The molecule has 0 radical (unpaired) electrons. The molecule has 0 amide bonds. The summed E-state index contributed by atoms with van der Waals surface area (Å²) in [5.41, 5.74) is -0.677. The molecule has 2 N–H and O–H groups in total. The monoisotopic (exact) mass is 280 g/mol. The van der Waals surface area contributed by atoms with Crippen LogP contribution in [0.15, 0.2) is 18.3 Å². The van der Waals surface area contributed by atoms with Gasteiger partial charge in [0.15, 0.2) is 0 Å². The largest absolute Gasteiger partial charge is 0.481 e. The summed E-state index contributed by atoms with van der Waals surface area (Å²) < 4.78 is 9.87. The van der Waals surface area contributed by atoms with E-state index in [1.54, 1.807) is 6.92 Å². The molecule has 1 fully saturated rings. The average Bonchev–Trinajstić information content (AvgIpc) is 2.81. The van der Waals surface area contributed by atoms with Gasteiger partial charge in [-0.25, -0.2) is 9.78 Å². The number of anilines is 1. The number of ether oxygens (including phenoxy) is 2. The Kier molecular flexibility index (Phi) is 3.89. The van der Waals surface area contributed by atoms with Gasteiger partial charge in [-0.05, 0) is 19.1 Å². The molecule has 2 unspecified atom stereocenters. The van der Waals surface area contributed by atoms with Crippen LogP contribution in [0, 0.1) is 5.41 Å². The van der Waals surface area contributed by atoms with Crippen molar-refractivity contribution in [3.63, 3.8) is 0 Å². The zero-order valence-corrected chi connectivity index (χ0v) is 11.3. The molecule has 108 valence electrons. The number of aliphatic carboxylic acids is 1. The normalized spacial score (nSPS) is 25.2. The lowest BCUT2D eigenvalue weighted by Gasteiger charge is -2.25. The molecule has 7 nitrogen and oxygen atoms in total. The molecule has 1 aliphatic rings. The van der Waals surface area contributed by atoms with E-state index < -0.39 is 23.4 Å². The fraction of sp³-hybridized carbons (Fsp3) is 0.462. The van der Waals surface area contributed by atoms with Gasteiger partial charge in [0.25, 0.3) is 0 Å². The fourth-order valence-electron chi connectivity index (χ4n) is 2.02. The van der Waals surface area contributed by atoms with Gasteiger partial charge in [-0.1, -0.05) is 0 Å². The number of pyridine rings is 1. The minimum Gasteiger partial charge on any atom is -0.481 e. The minimum atomic E-state index is -1.02. The maximum Gasteiger partial charge on any atom is 0.338 e. The Morgan fingerprint density at radius 1 is 1.60 bits per heavy atom. The van der Waals surface area contributed by atoms with E-state index in [0.29, 0.717) is 11.4 Å². The summed E-state index contributed by atoms with van der Waals surface area (Å²) in [5.74, 6) is -0.994. The molecule has 0 spiro atoms. The number of carboxylic acids is 1. The molecule has 1 saturated heterocycles. The second kappa shape index (κ2) is 5.46. The van der Waals surface area contributed by atoms with Gasteiger partial charge in [-0.15, -0.1) is 0 Å². The molecule has 0 saturated carbocycles. The Balaban J connectivity index is 2.18. The topological polar surface area (TPSA) is 97.8 Å². The van der Waals surface area contributed by atoms with Gasteiger partial charge in [0, 0.05) is 6.20 Å². The summed E-state index contributed by atoms with van der Waals surface area (Å²) in [4.78, 5) is 26.8. The molecule has 1 aromatic heterocycles. The summed E-state index contributed by atoms with van der Waals surface area (Å²) in [5, 5.41) is 12.3. The molecule has 0 aromatic carbocycles. The minimum absolute atomic E-state index is 0.136. The lowest BCUT2D eigenvalue weighted by molar-refractivity contribution is -0.148. The Morgan fingerprint density at radius 3 is 3.00 bits per heavy atom. The fourth-order valence-corrected chi connectivity index (χ4v) is 2.02. The van der Waals surface area contributed by atoms with Crippen LogP contribution in [-0.4, -0.2) is 48.4 Å². The van der Waals surface area contributed by atoms with Crippen molar-refractivity contribution in [1.82, 2.24) is 4.98 Å². The highest BCUT2D eigenvalue weighted by Crippen LogP contribution is 2.30. The average molecular weight is 280 g/mol. The van der Waals surface area contributed by atoms with Gasteiger partial charge >= 0.3 is 11.9 Å². The van der Waals surface area contributed by atoms with Crippen LogP contribution in [0.1, 0.15) is 17.3 Å². The van der Waals surface area contributed by atoms with E-state index in [2.05, 4.69) is 15.0 Å². The van der Waals surface area contributed by atoms with Crippen molar-refractivity contribution >= 4 is 17.8 Å². The first-order chi connectivity index (χ1) is 9.47. The number of carbonyl (C=O) groups excluding carboxylic acids is 1. The summed E-state index contributed by atoms with van der Waals surface area (Å²) in [6.45, 7) is 2.02. The number of hydrogen-bond donors (Lipinski definition) is 2. The highest BCUT2D eigenvalue weighted by atomic mass is 16.5. The van der Waals surface area contributed by atoms with Crippen molar-refractivity contribution < 1.29 is 24.2 Å². The lowest BCUT2D eigenvalue weighted by atomic mass is 9.85. The van der Waals surface area contributed by atoms with Crippen LogP contribution in [-0.2, 0) is 14.3 Å². The van der Waals surface area contributed by atoms with Gasteiger partial charge in [0.2, 0.25) is 0 Å². The second-order valence-electron chi connectivity index (χ2n) is 4.86. The van der Waals surface area contributed by atoms with E-state index in [-0.39, 0.29) is 13.2 Å². The summed E-state index contributed by atoms with van der Waals surface area (Å²) in [6, 6.07) is 2.63. The number of aromatic nitrogens is 1. The van der Waals surface area contributed by atoms with E-state index in [1.807, 2.05) is 0 Å². The van der Waals surface area contributed by atoms with Crippen molar-refractivity contribution in [2.45, 2.75) is 13.0 Å². The number of nitrogens with one attached hydrogen (secondary N) is 1. The highest BCUT2D eigenvalue weighted by Gasteiger charge is 2.46. The van der Waals surface area contributed by atoms with Crippen LogP contribution in [0.5, 0.6) is 0 Å². The number of carboxylic acid groups (broad SMARTS) is 1. The molecule has 20 heavy (non-hydrogen) atoms. The third kappa shape index (κ3) is 2.57. The summed E-state index contributed by atoms with van der Waals surface area (Å²) >= 11 is 0. The number of hydrogen-bond acceptors (Lipinski definition) is 6. The molecule has 1 aromatic rings. The van der Waals surface area contributed by atoms with Crippen molar-refractivity contribution in [3.8, 4) is 0 Å². The van der Waals surface area contributed by atoms with E-state index in [1.165, 1.54) is 25.4 Å². The molecule has 2 atom stereocenters. The standard InChI is InChI=1S/C13H16N2O5/c1-13(12(17)18)7-20-6-9(13)15-10-5-8(3-4-14-10)11(16)19-2/h3-5,9H,6-7H2,1-2H3,(H,14,15)(H,17,18). The Labute approximate surface area is 115 Å². The number of methoxy groups -OCH3 is 1. The molecule has 2 rings (SSSR count). The van der Waals surface area contributed by atoms with E-state index in [9.17, 15) is 14.7 Å². The third-order valence-corrected chi connectivity index (χ3v) is 3.45. The molecular weight excluding hydrogens is 264 g/mol. The predicted octanol–water partition coefficient (Wildman–Crippen LogP) is 0.770. The lowest BCUT2D eigenvalue weighted by Crippen LogP contribution is -2.43. The van der Waals surface area contributed by atoms with Crippen molar-refractivity contribution in [2.24, 2.45) is 5.41 Å². The van der Waals surface area contributed by atoms with Crippen LogP contribution in [0.2, 0.25) is 0 Å². The van der Waals surface area contributed by atoms with Crippen LogP contribution in [0.3, 0.4) is 0 Å². The molecule has 0 aliphatic carbocycles. The van der Waals surface area contributed by atoms with E-state index in [4.69, 9.17) is 4.74 Å². The number of carbonyl (C=O) groups is 2.